The summed E-state index contributed by atoms with van der Waals surface area (Å²) in [5.74, 6) is 1.86. The number of carboxylic acids is 1. The lowest BCUT2D eigenvalue weighted by molar-refractivity contribution is -0.137. The Kier molecular flexibility index (Phi) is 5.67. The second-order valence-electron chi connectivity index (χ2n) is 3.86. The van der Waals surface area contributed by atoms with Crippen molar-refractivity contribution in [1.82, 2.24) is 0 Å². The van der Waals surface area contributed by atoms with E-state index in [0.29, 0.717) is 0 Å². The van der Waals surface area contributed by atoms with Gasteiger partial charge in [-0.1, -0.05) is 18.4 Å². The van der Waals surface area contributed by atoms with Gasteiger partial charge in [0.25, 0.3) is 0 Å². The number of anilines is 1. The molecule has 0 amide bonds. The van der Waals surface area contributed by atoms with Crippen LogP contribution in [-0.2, 0) is 4.79 Å². The fourth-order valence-electron chi connectivity index (χ4n) is 1.53. The molecule has 17 heavy (non-hydrogen) atoms. The van der Waals surface area contributed by atoms with Gasteiger partial charge in [-0.3, -0.25) is 4.79 Å². The standard InChI is InChI=1S/C14H17NO2/c1-2-12-7-6-8-13(11-12)15-10-5-3-4-9-14(16)17/h1,6-8,11,15H,3-5,9-10H2,(H,16,17). The van der Waals surface area contributed by atoms with Crippen molar-refractivity contribution in [2.75, 3.05) is 11.9 Å². The third-order valence-corrected chi connectivity index (χ3v) is 2.43. The van der Waals surface area contributed by atoms with E-state index in [0.717, 1.165) is 37.1 Å². The molecule has 0 unspecified atom stereocenters. The summed E-state index contributed by atoms with van der Waals surface area (Å²) in [6.45, 7) is 0.841. The molecule has 3 heteroatoms. The maximum Gasteiger partial charge on any atom is 0.303 e. The van der Waals surface area contributed by atoms with Gasteiger partial charge in [-0.15, -0.1) is 6.42 Å². The number of hydrogen-bond donors (Lipinski definition) is 2. The molecule has 1 rings (SSSR count). The van der Waals surface area contributed by atoms with E-state index in [2.05, 4.69) is 11.2 Å². The van der Waals surface area contributed by atoms with Crippen molar-refractivity contribution in [1.29, 1.82) is 0 Å². The molecule has 1 aromatic rings. The molecule has 0 aliphatic carbocycles. The molecule has 0 heterocycles. The molecule has 3 nitrogen and oxygen atoms in total. The Bertz CT molecular complexity index is 407. The van der Waals surface area contributed by atoms with Crippen LogP contribution in [0.2, 0.25) is 0 Å². The quantitative estimate of drug-likeness (QED) is 0.560. The first-order valence-corrected chi connectivity index (χ1v) is 5.74. The summed E-state index contributed by atoms with van der Waals surface area (Å²) in [6.07, 6.45) is 8.19. The molecule has 0 aliphatic heterocycles. The molecule has 0 saturated carbocycles. The van der Waals surface area contributed by atoms with Gasteiger partial charge < -0.3 is 10.4 Å². The average molecular weight is 231 g/mol. The Balaban J connectivity index is 2.18. The molecular weight excluding hydrogens is 214 g/mol. The fraction of sp³-hybridized carbons (Fsp3) is 0.357. The third kappa shape index (κ3) is 5.62. The van der Waals surface area contributed by atoms with Crippen LogP contribution in [0, 0.1) is 12.3 Å². The smallest absolute Gasteiger partial charge is 0.303 e. The topological polar surface area (TPSA) is 49.3 Å². The molecule has 0 radical (unpaired) electrons. The van der Waals surface area contributed by atoms with Crippen LogP contribution in [0.1, 0.15) is 31.2 Å². The van der Waals surface area contributed by atoms with Gasteiger partial charge in [-0.05, 0) is 31.0 Å². The normalized spacial score (nSPS) is 9.59. The Hall–Kier alpha value is -1.95. The zero-order valence-corrected chi connectivity index (χ0v) is 9.78. The number of rotatable bonds is 7. The molecule has 0 saturated heterocycles. The number of carbonyl (C=O) groups is 1. The largest absolute Gasteiger partial charge is 0.481 e. The fourth-order valence-corrected chi connectivity index (χ4v) is 1.53. The van der Waals surface area contributed by atoms with Crippen molar-refractivity contribution in [3.63, 3.8) is 0 Å². The summed E-state index contributed by atoms with van der Waals surface area (Å²) in [5.41, 5.74) is 1.87. The molecule has 0 aliphatic rings. The third-order valence-electron chi connectivity index (χ3n) is 2.43. The van der Waals surface area contributed by atoms with Crippen molar-refractivity contribution in [2.24, 2.45) is 0 Å². The average Bonchev–Trinajstić information content (AvgIpc) is 2.33. The van der Waals surface area contributed by atoms with Gasteiger partial charge >= 0.3 is 5.97 Å². The molecule has 2 N–H and O–H groups in total. The first-order valence-electron chi connectivity index (χ1n) is 5.74. The lowest BCUT2D eigenvalue weighted by Gasteiger charge is -2.06. The van der Waals surface area contributed by atoms with Crippen molar-refractivity contribution < 1.29 is 9.90 Å². The molecule has 0 bridgehead atoms. The predicted octanol–water partition coefficient (Wildman–Crippen LogP) is 2.72. The highest BCUT2D eigenvalue weighted by Crippen LogP contribution is 2.10. The van der Waals surface area contributed by atoms with E-state index in [9.17, 15) is 4.79 Å². The van der Waals surface area contributed by atoms with Crippen LogP contribution >= 0.6 is 0 Å². The van der Waals surface area contributed by atoms with Crippen molar-refractivity contribution in [2.45, 2.75) is 25.7 Å². The highest BCUT2D eigenvalue weighted by Gasteiger charge is 1.97. The summed E-state index contributed by atoms with van der Waals surface area (Å²) in [7, 11) is 0. The number of terminal acetylenes is 1. The second-order valence-corrected chi connectivity index (χ2v) is 3.86. The van der Waals surface area contributed by atoms with Gasteiger partial charge in [0.05, 0.1) is 0 Å². The number of unbranched alkanes of at least 4 members (excludes halogenated alkanes) is 2. The molecule has 0 spiro atoms. The van der Waals surface area contributed by atoms with Crippen LogP contribution in [0.4, 0.5) is 5.69 Å². The lowest BCUT2D eigenvalue weighted by atomic mass is 10.2. The van der Waals surface area contributed by atoms with Crippen molar-refractivity contribution in [3.8, 4) is 12.3 Å². The number of carboxylic acid groups (broad SMARTS) is 1. The molecule has 90 valence electrons. The Labute approximate surface area is 102 Å². The van der Waals surface area contributed by atoms with E-state index in [1.165, 1.54) is 0 Å². The molecular formula is C14H17NO2. The van der Waals surface area contributed by atoms with Gasteiger partial charge in [0.15, 0.2) is 0 Å². The number of benzene rings is 1. The van der Waals surface area contributed by atoms with Crippen molar-refractivity contribution in [3.05, 3.63) is 29.8 Å². The second kappa shape index (κ2) is 7.34. The maximum absolute atomic E-state index is 10.3. The van der Waals surface area contributed by atoms with Crippen LogP contribution in [0.5, 0.6) is 0 Å². The maximum atomic E-state index is 10.3. The summed E-state index contributed by atoms with van der Waals surface area (Å²) in [4.78, 5) is 10.3. The van der Waals surface area contributed by atoms with Crippen LogP contribution in [0.25, 0.3) is 0 Å². The summed E-state index contributed by atoms with van der Waals surface area (Å²) < 4.78 is 0. The zero-order valence-electron chi connectivity index (χ0n) is 9.78. The molecule has 0 atom stereocenters. The van der Waals surface area contributed by atoms with Gasteiger partial charge in [-0.25, -0.2) is 0 Å². The minimum absolute atomic E-state index is 0.257. The summed E-state index contributed by atoms with van der Waals surface area (Å²) in [5, 5.41) is 11.7. The summed E-state index contributed by atoms with van der Waals surface area (Å²) >= 11 is 0. The van der Waals surface area contributed by atoms with Crippen LogP contribution in [-0.4, -0.2) is 17.6 Å². The minimum Gasteiger partial charge on any atom is -0.481 e. The number of nitrogens with one attached hydrogen (secondary N) is 1. The highest BCUT2D eigenvalue weighted by atomic mass is 16.4. The molecule has 0 fully saturated rings. The highest BCUT2D eigenvalue weighted by molar-refractivity contribution is 5.66. The minimum atomic E-state index is -0.723. The van der Waals surface area contributed by atoms with E-state index in [1.54, 1.807) is 0 Å². The van der Waals surface area contributed by atoms with Crippen LogP contribution in [0.15, 0.2) is 24.3 Å². The van der Waals surface area contributed by atoms with Crippen LogP contribution < -0.4 is 5.32 Å². The number of hydrogen-bond acceptors (Lipinski definition) is 2. The van der Waals surface area contributed by atoms with E-state index < -0.39 is 5.97 Å². The van der Waals surface area contributed by atoms with E-state index in [4.69, 9.17) is 11.5 Å². The van der Waals surface area contributed by atoms with Gasteiger partial charge in [-0.2, -0.15) is 0 Å². The monoisotopic (exact) mass is 231 g/mol. The number of aliphatic carboxylic acids is 1. The lowest BCUT2D eigenvalue weighted by Crippen LogP contribution is -2.02. The Morgan fingerprint density at radius 2 is 2.18 bits per heavy atom. The Morgan fingerprint density at radius 3 is 2.88 bits per heavy atom. The predicted molar refractivity (Wildman–Crippen MR) is 69.0 cm³/mol. The first kappa shape index (κ1) is 13.1. The SMILES string of the molecule is C#Cc1cccc(NCCCCCC(=O)O)c1. The molecule has 0 aromatic heterocycles. The Morgan fingerprint density at radius 1 is 1.35 bits per heavy atom. The van der Waals surface area contributed by atoms with Crippen LogP contribution in [0.3, 0.4) is 0 Å². The first-order chi connectivity index (χ1) is 8.22. The van der Waals surface area contributed by atoms with E-state index in [-0.39, 0.29) is 6.42 Å². The van der Waals surface area contributed by atoms with Gasteiger partial charge in [0.2, 0.25) is 0 Å². The molecule has 1 aromatic carbocycles. The summed E-state index contributed by atoms with van der Waals surface area (Å²) in [6, 6.07) is 7.70. The van der Waals surface area contributed by atoms with E-state index >= 15 is 0 Å². The van der Waals surface area contributed by atoms with Crippen molar-refractivity contribution >= 4 is 11.7 Å². The van der Waals surface area contributed by atoms with Gasteiger partial charge in [0.1, 0.15) is 0 Å². The van der Waals surface area contributed by atoms with E-state index in [1.807, 2.05) is 24.3 Å². The zero-order chi connectivity index (χ0) is 12.5. The van der Waals surface area contributed by atoms with Gasteiger partial charge in [0, 0.05) is 24.2 Å².